The largest absolute Gasteiger partial charge is 0.507 e. The quantitative estimate of drug-likeness (QED) is 0.529. The summed E-state index contributed by atoms with van der Waals surface area (Å²) in [4.78, 5) is 11.4. The lowest BCUT2D eigenvalue weighted by molar-refractivity contribution is -0.137. The average molecular weight is 296 g/mol. The Kier molecular flexibility index (Phi) is 4.73. The Hall–Kier alpha value is -1.80. The molecule has 1 rings (SSSR count). The van der Waals surface area contributed by atoms with E-state index in [4.69, 9.17) is 10.00 Å². The zero-order chi connectivity index (χ0) is 12.8. The molecule has 0 heterocycles. The van der Waals surface area contributed by atoms with E-state index >= 15 is 0 Å². The van der Waals surface area contributed by atoms with Crippen molar-refractivity contribution in [2.24, 2.45) is 0 Å². The van der Waals surface area contributed by atoms with Crippen molar-refractivity contribution in [3.05, 3.63) is 33.8 Å². The third-order valence-electron chi connectivity index (χ3n) is 1.91. The monoisotopic (exact) mass is 295 g/mol. The molecule has 0 atom stereocenters. The highest BCUT2D eigenvalue weighted by Gasteiger charge is 2.11. The zero-order valence-electron chi connectivity index (χ0n) is 9.11. The molecule has 1 aromatic rings. The normalized spacial score (nSPS) is 10.8. The number of carbonyl (C=O) groups is 1. The molecular weight excluding hydrogens is 286 g/mol. The van der Waals surface area contributed by atoms with Crippen molar-refractivity contribution < 1.29 is 14.6 Å². The number of phenolic OH excluding ortho intramolecular Hbond substituents is 1. The second-order valence-electron chi connectivity index (χ2n) is 3.09. The minimum atomic E-state index is -0.700. The predicted octanol–water partition coefficient (Wildman–Crippen LogP) is 2.62. The molecule has 0 spiro atoms. The van der Waals surface area contributed by atoms with Gasteiger partial charge >= 0.3 is 5.97 Å². The molecule has 5 heteroatoms. The van der Waals surface area contributed by atoms with E-state index in [-0.39, 0.29) is 17.9 Å². The van der Waals surface area contributed by atoms with E-state index in [1.54, 1.807) is 25.1 Å². The van der Waals surface area contributed by atoms with Crippen LogP contribution < -0.4 is 0 Å². The van der Waals surface area contributed by atoms with Crippen molar-refractivity contribution in [2.45, 2.75) is 6.92 Å². The maximum atomic E-state index is 11.4. The van der Waals surface area contributed by atoms with Crippen LogP contribution in [0.5, 0.6) is 5.75 Å². The molecule has 0 aliphatic heterocycles. The number of ether oxygens (including phenoxy) is 1. The van der Waals surface area contributed by atoms with Gasteiger partial charge < -0.3 is 9.84 Å². The van der Waals surface area contributed by atoms with Gasteiger partial charge in [0.1, 0.15) is 17.4 Å². The predicted molar refractivity (Wildman–Crippen MR) is 66.0 cm³/mol. The Bertz CT molecular complexity index is 503. The molecule has 0 fully saturated rings. The van der Waals surface area contributed by atoms with E-state index in [0.717, 1.165) is 4.47 Å². The van der Waals surface area contributed by atoms with Gasteiger partial charge in [0, 0.05) is 10.0 Å². The number of halogens is 1. The van der Waals surface area contributed by atoms with Crippen LogP contribution in [0.3, 0.4) is 0 Å². The van der Waals surface area contributed by atoms with Crippen LogP contribution in [0.25, 0.3) is 6.08 Å². The lowest BCUT2D eigenvalue weighted by Gasteiger charge is -2.02. The number of benzene rings is 1. The number of hydrogen-bond acceptors (Lipinski definition) is 4. The standard InChI is InChI=1S/C12H10BrNO3/c1-2-17-12(16)9(7-14)5-8-6-10(13)3-4-11(8)15/h3-6,15H,2H2,1H3/b9-5+. The molecule has 88 valence electrons. The van der Waals surface area contributed by atoms with Crippen LogP contribution in [0.15, 0.2) is 28.2 Å². The van der Waals surface area contributed by atoms with Crippen LogP contribution in [0.2, 0.25) is 0 Å². The molecule has 0 unspecified atom stereocenters. The van der Waals surface area contributed by atoms with Crippen LogP contribution >= 0.6 is 15.9 Å². The van der Waals surface area contributed by atoms with Gasteiger partial charge in [0.25, 0.3) is 0 Å². The fourth-order valence-electron chi connectivity index (χ4n) is 1.14. The van der Waals surface area contributed by atoms with Crippen molar-refractivity contribution in [1.29, 1.82) is 5.26 Å². The summed E-state index contributed by atoms with van der Waals surface area (Å²) in [5, 5.41) is 18.4. The molecule has 0 bridgehead atoms. The van der Waals surface area contributed by atoms with Gasteiger partial charge in [-0.3, -0.25) is 0 Å². The minimum Gasteiger partial charge on any atom is -0.507 e. The Morgan fingerprint density at radius 2 is 2.35 bits per heavy atom. The minimum absolute atomic E-state index is 0.00903. The maximum absolute atomic E-state index is 11.4. The first kappa shape index (κ1) is 13.3. The van der Waals surface area contributed by atoms with Gasteiger partial charge in [-0.2, -0.15) is 5.26 Å². The van der Waals surface area contributed by atoms with Crippen molar-refractivity contribution in [3.63, 3.8) is 0 Å². The van der Waals surface area contributed by atoms with Crippen molar-refractivity contribution in [1.82, 2.24) is 0 Å². The van der Waals surface area contributed by atoms with Gasteiger partial charge in [-0.15, -0.1) is 0 Å². The van der Waals surface area contributed by atoms with Crippen LogP contribution in [0.4, 0.5) is 0 Å². The Morgan fingerprint density at radius 1 is 1.65 bits per heavy atom. The number of nitrogens with zero attached hydrogens (tertiary/aromatic N) is 1. The van der Waals surface area contributed by atoms with Crippen LogP contribution in [0.1, 0.15) is 12.5 Å². The molecule has 0 radical (unpaired) electrons. The van der Waals surface area contributed by atoms with Crippen LogP contribution in [-0.2, 0) is 9.53 Å². The molecule has 0 aliphatic rings. The number of phenols is 1. The van der Waals surface area contributed by atoms with E-state index in [1.165, 1.54) is 12.1 Å². The fraction of sp³-hybridized carbons (Fsp3) is 0.167. The van der Waals surface area contributed by atoms with Crippen molar-refractivity contribution in [2.75, 3.05) is 6.61 Å². The smallest absolute Gasteiger partial charge is 0.348 e. The van der Waals surface area contributed by atoms with E-state index in [9.17, 15) is 9.90 Å². The summed E-state index contributed by atoms with van der Waals surface area (Å²) in [6.07, 6.45) is 1.29. The molecule has 0 aliphatic carbocycles. The highest BCUT2D eigenvalue weighted by molar-refractivity contribution is 9.10. The van der Waals surface area contributed by atoms with Crippen LogP contribution in [-0.4, -0.2) is 17.7 Å². The van der Waals surface area contributed by atoms with Crippen molar-refractivity contribution >= 4 is 28.0 Å². The van der Waals surface area contributed by atoms with E-state index in [1.807, 2.05) is 0 Å². The Balaban J connectivity index is 3.11. The fourth-order valence-corrected chi connectivity index (χ4v) is 1.52. The Morgan fingerprint density at radius 3 is 2.94 bits per heavy atom. The molecule has 0 aromatic heterocycles. The van der Waals surface area contributed by atoms with Crippen LogP contribution in [0, 0.1) is 11.3 Å². The molecule has 4 nitrogen and oxygen atoms in total. The average Bonchev–Trinajstić information content (AvgIpc) is 2.30. The third kappa shape index (κ3) is 3.61. The lowest BCUT2D eigenvalue weighted by atomic mass is 10.1. The van der Waals surface area contributed by atoms with E-state index < -0.39 is 5.97 Å². The summed E-state index contributed by atoms with van der Waals surface area (Å²) < 4.78 is 5.45. The van der Waals surface area contributed by atoms with Gasteiger partial charge in [-0.1, -0.05) is 15.9 Å². The summed E-state index contributed by atoms with van der Waals surface area (Å²) >= 11 is 3.24. The SMILES string of the molecule is CCOC(=O)/C(C#N)=C/c1cc(Br)ccc1O. The highest BCUT2D eigenvalue weighted by atomic mass is 79.9. The Labute approximate surface area is 107 Å². The lowest BCUT2D eigenvalue weighted by Crippen LogP contribution is -2.05. The maximum Gasteiger partial charge on any atom is 0.348 e. The first-order chi connectivity index (χ1) is 8.08. The molecule has 1 aromatic carbocycles. The molecular formula is C12H10BrNO3. The molecule has 1 N–H and O–H groups in total. The second-order valence-corrected chi connectivity index (χ2v) is 4.01. The zero-order valence-corrected chi connectivity index (χ0v) is 10.7. The molecule has 0 saturated heterocycles. The summed E-state index contributed by atoms with van der Waals surface area (Å²) in [7, 11) is 0. The van der Waals surface area contributed by atoms with Crippen molar-refractivity contribution in [3.8, 4) is 11.8 Å². The van der Waals surface area contributed by atoms with Gasteiger partial charge in [0.05, 0.1) is 6.61 Å². The topological polar surface area (TPSA) is 70.3 Å². The van der Waals surface area contributed by atoms with Gasteiger partial charge in [0.2, 0.25) is 0 Å². The molecule has 0 amide bonds. The van der Waals surface area contributed by atoms with Gasteiger partial charge in [-0.25, -0.2) is 4.79 Å². The molecule has 17 heavy (non-hydrogen) atoms. The number of nitriles is 1. The highest BCUT2D eigenvalue weighted by Crippen LogP contribution is 2.24. The first-order valence-electron chi connectivity index (χ1n) is 4.86. The summed E-state index contributed by atoms with van der Waals surface area (Å²) in [6, 6.07) is 6.47. The number of hydrogen-bond donors (Lipinski definition) is 1. The number of esters is 1. The number of rotatable bonds is 3. The molecule has 0 saturated carbocycles. The first-order valence-corrected chi connectivity index (χ1v) is 5.65. The summed E-state index contributed by atoms with van der Waals surface area (Å²) in [5.74, 6) is -0.709. The van der Waals surface area contributed by atoms with Gasteiger partial charge in [-0.05, 0) is 31.2 Å². The summed E-state index contributed by atoms with van der Waals surface area (Å²) in [6.45, 7) is 1.85. The van der Waals surface area contributed by atoms with Gasteiger partial charge in [0.15, 0.2) is 0 Å². The third-order valence-corrected chi connectivity index (χ3v) is 2.40. The van der Waals surface area contributed by atoms with E-state index in [2.05, 4.69) is 15.9 Å². The second kappa shape index (κ2) is 6.06. The summed E-state index contributed by atoms with van der Waals surface area (Å²) in [5.41, 5.74) is 0.226. The number of aromatic hydroxyl groups is 1. The van der Waals surface area contributed by atoms with E-state index in [0.29, 0.717) is 5.56 Å². The number of carbonyl (C=O) groups excluding carboxylic acids is 1.